The number of thioether (sulfide) groups is 1. The molecule has 72 valence electrons. The second-order valence-electron chi connectivity index (χ2n) is 2.80. The second-order valence-corrected chi connectivity index (χ2v) is 5.14. The first-order chi connectivity index (χ1) is 6.13. The molecule has 0 spiro atoms. The zero-order valence-electron chi connectivity index (χ0n) is 7.33. The van der Waals surface area contributed by atoms with E-state index < -0.39 is 0 Å². The van der Waals surface area contributed by atoms with Crippen LogP contribution in [-0.4, -0.2) is 17.0 Å². The normalized spacial score (nSPS) is 12.8. The number of aliphatic hydroxyl groups excluding tert-OH is 1. The molecule has 0 heterocycles. The summed E-state index contributed by atoms with van der Waals surface area (Å²) in [5.41, 5.74) is 6.35. The Bertz CT molecular complexity index is 293. The number of aliphatic hydroxyl groups is 1. The monoisotopic (exact) mass is 261 g/mol. The van der Waals surface area contributed by atoms with Gasteiger partial charge in [0.05, 0.1) is 6.61 Å². The first-order valence-electron chi connectivity index (χ1n) is 3.96. The van der Waals surface area contributed by atoms with Gasteiger partial charge in [-0.15, -0.1) is 11.8 Å². The number of benzene rings is 1. The smallest absolute Gasteiger partial charge is 0.0550 e. The fourth-order valence-electron chi connectivity index (χ4n) is 0.867. The quantitative estimate of drug-likeness (QED) is 0.650. The predicted octanol–water partition coefficient (Wildman–Crippen LogP) is 2.50. The lowest BCUT2D eigenvalue weighted by Gasteiger charge is -2.09. The molecule has 4 heteroatoms. The van der Waals surface area contributed by atoms with Gasteiger partial charge in [-0.25, -0.2) is 0 Å². The Kier molecular flexibility index (Phi) is 4.09. The molecule has 0 aliphatic carbocycles. The minimum Gasteiger partial charge on any atom is -0.399 e. The van der Waals surface area contributed by atoms with Crippen LogP contribution in [0.4, 0.5) is 5.69 Å². The van der Waals surface area contributed by atoms with E-state index in [1.54, 1.807) is 11.8 Å². The van der Waals surface area contributed by atoms with Crippen molar-refractivity contribution in [3.63, 3.8) is 0 Å². The van der Waals surface area contributed by atoms with Gasteiger partial charge >= 0.3 is 0 Å². The van der Waals surface area contributed by atoms with Crippen molar-refractivity contribution >= 4 is 33.4 Å². The third-order valence-corrected chi connectivity index (χ3v) is 3.62. The van der Waals surface area contributed by atoms with E-state index in [0.29, 0.717) is 0 Å². The van der Waals surface area contributed by atoms with Crippen LogP contribution in [0.2, 0.25) is 0 Å². The molecule has 1 aromatic carbocycles. The highest BCUT2D eigenvalue weighted by Gasteiger charge is 2.05. The number of halogens is 1. The van der Waals surface area contributed by atoms with Gasteiger partial charge in [0, 0.05) is 20.3 Å². The highest BCUT2D eigenvalue weighted by atomic mass is 79.9. The van der Waals surface area contributed by atoms with Gasteiger partial charge in [-0.3, -0.25) is 0 Å². The Morgan fingerprint density at radius 2 is 2.31 bits per heavy atom. The van der Waals surface area contributed by atoms with Gasteiger partial charge in [0.1, 0.15) is 0 Å². The largest absolute Gasteiger partial charge is 0.399 e. The number of rotatable bonds is 3. The van der Waals surface area contributed by atoms with Crippen LogP contribution in [0, 0.1) is 0 Å². The highest BCUT2D eigenvalue weighted by molar-refractivity contribution is 9.10. The zero-order chi connectivity index (χ0) is 9.84. The van der Waals surface area contributed by atoms with Gasteiger partial charge in [0.25, 0.3) is 0 Å². The molecule has 0 bridgehead atoms. The highest BCUT2D eigenvalue weighted by Crippen LogP contribution is 2.31. The predicted molar refractivity (Wildman–Crippen MR) is 61.0 cm³/mol. The SMILES string of the molecule is CC(CO)Sc1ccc(N)cc1Br. The van der Waals surface area contributed by atoms with Crippen LogP contribution in [0.1, 0.15) is 6.92 Å². The van der Waals surface area contributed by atoms with Crippen molar-refractivity contribution in [1.82, 2.24) is 0 Å². The lowest BCUT2D eigenvalue weighted by atomic mass is 10.3. The third-order valence-electron chi connectivity index (χ3n) is 1.54. The number of nitrogens with two attached hydrogens (primary N) is 1. The van der Waals surface area contributed by atoms with Crippen LogP contribution < -0.4 is 5.73 Å². The standard InChI is InChI=1S/C9H12BrNOS/c1-6(5-12)13-9-3-2-7(11)4-8(9)10/h2-4,6,12H,5,11H2,1H3. The lowest BCUT2D eigenvalue weighted by Crippen LogP contribution is -2.01. The molecule has 1 rings (SSSR count). The van der Waals surface area contributed by atoms with E-state index in [2.05, 4.69) is 15.9 Å². The van der Waals surface area contributed by atoms with E-state index in [1.807, 2.05) is 25.1 Å². The molecule has 3 N–H and O–H groups in total. The topological polar surface area (TPSA) is 46.2 Å². The first kappa shape index (κ1) is 10.9. The molecule has 1 atom stereocenters. The van der Waals surface area contributed by atoms with E-state index in [9.17, 15) is 0 Å². The van der Waals surface area contributed by atoms with Gasteiger partial charge in [-0.2, -0.15) is 0 Å². The number of hydrogen-bond acceptors (Lipinski definition) is 3. The van der Waals surface area contributed by atoms with Crippen LogP contribution >= 0.6 is 27.7 Å². The number of anilines is 1. The van der Waals surface area contributed by atoms with E-state index >= 15 is 0 Å². The summed E-state index contributed by atoms with van der Waals surface area (Å²) in [4.78, 5) is 1.11. The molecule has 13 heavy (non-hydrogen) atoms. The van der Waals surface area contributed by atoms with Crippen molar-refractivity contribution in [3.05, 3.63) is 22.7 Å². The van der Waals surface area contributed by atoms with Gasteiger partial charge in [0.2, 0.25) is 0 Å². The minimum atomic E-state index is 0.182. The van der Waals surface area contributed by atoms with Crippen molar-refractivity contribution in [3.8, 4) is 0 Å². The summed E-state index contributed by atoms with van der Waals surface area (Å²) in [6.07, 6.45) is 0. The molecular weight excluding hydrogens is 250 g/mol. The van der Waals surface area contributed by atoms with E-state index in [4.69, 9.17) is 10.8 Å². The van der Waals surface area contributed by atoms with Crippen LogP contribution in [0.5, 0.6) is 0 Å². The summed E-state index contributed by atoms with van der Waals surface area (Å²) in [5, 5.41) is 9.09. The van der Waals surface area contributed by atoms with E-state index in [0.717, 1.165) is 15.1 Å². The molecule has 0 aliphatic heterocycles. The summed E-state index contributed by atoms with van der Waals surface area (Å²) in [6, 6.07) is 5.68. The Morgan fingerprint density at radius 1 is 1.62 bits per heavy atom. The van der Waals surface area contributed by atoms with Crippen molar-refractivity contribution in [2.75, 3.05) is 12.3 Å². The van der Waals surface area contributed by atoms with Crippen LogP contribution in [0.15, 0.2) is 27.6 Å². The van der Waals surface area contributed by atoms with Crippen molar-refractivity contribution < 1.29 is 5.11 Å². The van der Waals surface area contributed by atoms with Crippen LogP contribution in [0.25, 0.3) is 0 Å². The van der Waals surface area contributed by atoms with E-state index in [-0.39, 0.29) is 11.9 Å². The maximum Gasteiger partial charge on any atom is 0.0550 e. The number of nitrogen functional groups attached to an aromatic ring is 1. The lowest BCUT2D eigenvalue weighted by molar-refractivity contribution is 0.300. The van der Waals surface area contributed by atoms with Crippen molar-refractivity contribution in [2.24, 2.45) is 0 Å². The summed E-state index contributed by atoms with van der Waals surface area (Å²) >= 11 is 5.05. The fourth-order valence-corrected chi connectivity index (χ4v) is 2.37. The molecule has 0 fully saturated rings. The Morgan fingerprint density at radius 3 is 2.85 bits per heavy atom. The molecule has 0 saturated heterocycles. The molecule has 0 aromatic heterocycles. The van der Waals surface area contributed by atoms with Crippen LogP contribution in [-0.2, 0) is 0 Å². The molecule has 0 saturated carbocycles. The Balaban J connectivity index is 2.77. The molecule has 1 unspecified atom stereocenters. The summed E-state index contributed by atoms with van der Waals surface area (Å²) in [7, 11) is 0. The Hall–Kier alpha value is -0.190. The minimum absolute atomic E-state index is 0.182. The van der Waals surface area contributed by atoms with Gasteiger partial charge < -0.3 is 10.8 Å². The second kappa shape index (κ2) is 4.88. The Labute approximate surface area is 90.7 Å². The molecule has 0 aliphatic rings. The van der Waals surface area contributed by atoms with Crippen LogP contribution in [0.3, 0.4) is 0 Å². The van der Waals surface area contributed by atoms with Gasteiger partial charge in [-0.05, 0) is 34.1 Å². The van der Waals surface area contributed by atoms with Gasteiger partial charge in [-0.1, -0.05) is 6.92 Å². The summed E-state index contributed by atoms with van der Waals surface area (Å²) in [6.45, 7) is 2.16. The summed E-state index contributed by atoms with van der Waals surface area (Å²) in [5.74, 6) is 0. The molecule has 0 radical (unpaired) electrons. The van der Waals surface area contributed by atoms with E-state index in [1.165, 1.54) is 0 Å². The average Bonchev–Trinajstić information content (AvgIpc) is 2.09. The number of hydrogen-bond donors (Lipinski definition) is 2. The van der Waals surface area contributed by atoms with Gasteiger partial charge in [0.15, 0.2) is 0 Å². The maximum absolute atomic E-state index is 8.88. The third kappa shape index (κ3) is 3.21. The molecule has 0 amide bonds. The van der Waals surface area contributed by atoms with Crippen molar-refractivity contribution in [1.29, 1.82) is 0 Å². The first-order valence-corrected chi connectivity index (χ1v) is 5.63. The van der Waals surface area contributed by atoms with Crippen molar-refractivity contribution in [2.45, 2.75) is 17.1 Å². The fraction of sp³-hybridized carbons (Fsp3) is 0.333. The molecular formula is C9H12BrNOS. The molecule has 2 nitrogen and oxygen atoms in total. The average molecular weight is 262 g/mol. The maximum atomic E-state index is 8.88. The zero-order valence-corrected chi connectivity index (χ0v) is 9.73. The molecule has 1 aromatic rings. The summed E-state index contributed by atoms with van der Waals surface area (Å²) < 4.78 is 0.984.